The first-order chi connectivity index (χ1) is 11.0. The van der Waals surface area contributed by atoms with Gasteiger partial charge in [0.15, 0.2) is 11.9 Å². The Morgan fingerprint density at radius 2 is 1.92 bits per heavy atom. The molecule has 0 aromatic heterocycles. The highest BCUT2D eigenvalue weighted by molar-refractivity contribution is 5.89. The van der Waals surface area contributed by atoms with E-state index in [4.69, 9.17) is 9.47 Å². The molecule has 1 N–H and O–H groups in total. The quantitative estimate of drug-likeness (QED) is 0.899. The Labute approximate surface area is 142 Å². The van der Waals surface area contributed by atoms with Crippen LogP contribution in [-0.2, 0) is 14.3 Å². The van der Waals surface area contributed by atoms with Crippen molar-refractivity contribution in [2.24, 2.45) is 0 Å². The van der Waals surface area contributed by atoms with Gasteiger partial charge in [0, 0.05) is 0 Å². The first-order valence-corrected chi connectivity index (χ1v) is 7.95. The number of benzene rings is 1. The zero-order chi connectivity index (χ0) is 18.1. The predicted molar refractivity (Wildman–Crippen MR) is 88.3 cm³/mol. The van der Waals surface area contributed by atoms with Crippen molar-refractivity contribution in [3.8, 4) is 0 Å². The van der Waals surface area contributed by atoms with Crippen LogP contribution in [0.5, 0.6) is 0 Å². The number of carbonyl (C=O) groups is 2. The van der Waals surface area contributed by atoms with E-state index in [-0.39, 0.29) is 12.3 Å². The number of hydrogen-bond donors (Lipinski definition) is 1. The van der Waals surface area contributed by atoms with Crippen LogP contribution < -0.4 is 0 Å². The summed E-state index contributed by atoms with van der Waals surface area (Å²) >= 11 is 0. The molecule has 132 valence electrons. The van der Waals surface area contributed by atoms with Crippen molar-refractivity contribution in [1.29, 1.82) is 0 Å². The molecule has 0 bridgehead atoms. The molecule has 0 spiro atoms. The van der Waals surface area contributed by atoms with Crippen molar-refractivity contribution in [3.05, 3.63) is 35.9 Å². The third-order valence-corrected chi connectivity index (χ3v) is 3.74. The summed E-state index contributed by atoms with van der Waals surface area (Å²) in [4.78, 5) is 26.0. The van der Waals surface area contributed by atoms with Gasteiger partial charge in [-0.1, -0.05) is 30.3 Å². The van der Waals surface area contributed by atoms with E-state index in [9.17, 15) is 14.7 Å². The van der Waals surface area contributed by atoms with Crippen LogP contribution >= 0.6 is 0 Å². The van der Waals surface area contributed by atoms with E-state index in [1.54, 1.807) is 58.9 Å². The number of carbonyl (C=O) groups excluding carboxylic acids is 2. The maximum Gasteiger partial charge on any atom is 0.412 e. The van der Waals surface area contributed by atoms with Gasteiger partial charge in [-0.25, -0.2) is 4.79 Å². The lowest BCUT2D eigenvalue weighted by molar-refractivity contribution is -0.211. The number of Topliss-reactive ketones (excluding diaryl/α,β-unsaturated/α-hetero) is 1. The molecule has 6 nitrogen and oxygen atoms in total. The van der Waals surface area contributed by atoms with Crippen LogP contribution in [0.25, 0.3) is 0 Å². The summed E-state index contributed by atoms with van der Waals surface area (Å²) in [6.07, 6.45) is -2.73. The molecule has 2 rings (SSSR count). The first-order valence-electron chi connectivity index (χ1n) is 7.95. The topological polar surface area (TPSA) is 76.1 Å². The molecule has 2 atom stereocenters. The Kier molecular flexibility index (Phi) is 5.01. The molecular weight excluding hydrogens is 310 g/mol. The van der Waals surface area contributed by atoms with E-state index in [0.717, 1.165) is 0 Å². The van der Waals surface area contributed by atoms with Gasteiger partial charge in [-0.3, -0.25) is 9.69 Å². The van der Waals surface area contributed by atoms with Crippen LogP contribution in [0, 0.1) is 0 Å². The molecule has 24 heavy (non-hydrogen) atoms. The molecule has 1 aliphatic heterocycles. The smallest absolute Gasteiger partial charge is 0.412 e. The van der Waals surface area contributed by atoms with Crippen LogP contribution in [-0.4, -0.2) is 45.9 Å². The Morgan fingerprint density at radius 1 is 1.33 bits per heavy atom. The summed E-state index contributed by atoms with van der Waals surface area (Å²) < 4.78 is 11.1. The third-order valence-electron chi connectivity index (χ3n) is 3.74. The maximum absolute atomic E-state index is 12.4. The summed E-state index contributed by atoms with van der Waals surface area (Å²) in [5, 5.41) is 10.5. The summed E-state index contributed by atoms with van der Waals surface area (Å²) in [6.45, 7) is 8.45. The van der Waals surface area contributed by atoms with Gasteiger partial charge in [-0.2, -0.15) is 0 Å². The van der Waals surface area contributed by atoms with Gasteiger partial charge in [-0.05, 0) is 40.2 Å². The van der Waals surface area contributed by atoms with Gasteiger partial charge in [0.25, 0.3) is 0 Å². The van der Waals surface area contributed by atoms with Crippen molar-refractivity contribution >= 4 is 11.9 Å². The molecule has 1 fully saturated rings. The molecule has 1 amide bonds. The van der Waals surface area contributed by atoms with E-state index < -0.39 is 29.6 Å². The van der Waals surface area contributed by atoms with Gasteiger partial charge >= 0.3 is 6.09 Å². The Hall–Kier alpha value is -1.92. The zero-order valence-electron chi connectivity index (χ0n) is 14.8. The average Bonchev–Trinajstić information content (AvgIpc) is 2.47. The Morgan fingerprint density at radius 3 is 2.46 bits per heavy atom. The van der Waals surface area contributed by atoms with Gasteiger partial charge in [0.2, 0.25) is 0 Å². The van der Waals surface area contributed by atoms with E-state index in [1.165, 1.54) is 4.90 Å². The molecule has 1 aromatic rings. The number of aliphatic hydroxyl groups is 1. The largest absolute Gasteiger partial charge is 0.444 e. The van der Waals surface area contributed by atoms with E-state index in [0.29, 0.717) is 5.56 Å². The lowest BCUT2D eigenvalue weighted by Gasteiger charge is -2.45. The molecule has 1 aromatic carbocycles. The normalized spacial score (nSPS) is 22.2. The molecule has 0 aliphatic carbocycles. The minimum Gasteiger partial charge on any atom is -0.444 e. The molecule has 1 aliphatic rings. The Balaban J connectivity index is 2.17. The summed E-state index contributed by atoms with van der Waals surface area (Å²) in [7, 11) is 0. The minimum absolute atomic E-state index is 0.170. The Bertz CT molecular complexity index is 606. The molecule has 1 saturated heterocycles. The lowest BCUT2D eigenvalue weighted by atomic mass is 9.98. The highest BCUT2D eigenvalue weighted by atomic mass is 16.6. The molecule has 6 heteroatoms. The minimum atomic E-state index is -1.08. The molecular formula is C18H25NO5. The summed E-state index contributed by atoms with van der Waals surface area (Å²) in [6, 6.07) is 8.85. The van der Waals surface area contributed by atoms with Crippen molar-refractivity contribution < 1.29 is 24.2 Å². The number of amides is 1. The van der Waals surface area contributed by atoms with Crippen molar-refractivity contribution in [1.82, 2.24) is 4.90 Å². The lowest BCUT2D eigenvalue weighted by Crippen LogP contribution is -2.61. The molecule has 0 unspecified atom stereocenters. The van der Waals surface area contributed by atoms with Crippen LogP contribution in [0.1, 0.15) is 46.3 Å². The van der Waals surface area contributed by atoms with E-state index in [2.05, 4.69) is 0 Å². The monoisotopic (exact) mass is 335 g/mol. The summed E-state index contributed by atoms with van der Waals surface area (Å²) in [5.41, 5.74) is -1.15. The number of ketones is 1. The zero-order valence-corrected chi connectivity index (χ0v) is 14.8. The average molecular weight is 335 g/mol. The second-order valence-corrected chi connectivity index (χ2v) is 7.37. The molecule has 1 heterocycles. The van der Waals surface area contributed by atoms with Crippen LogP contribution in [0.2, 0.25) is 0 Å². The maximum atomic E-state index is 12.4. The predicted octanol–water partition coefficient (Wildman–Crippen LogP) is 2.66. The standard InChI is InChI=1S/C18H25NO5/c1-17(2,3)24-16(22)19-11-13(20)15(23-18(19,4)5)14(21)12-9-7-6-8-10-12/h6-10,14-15,21H,11H2,1-5H3/t14-,15-/m0/s1. The van der Waals surface area contributed by atoms with Crippen molar-refractivity contribution in [3.63, 3.8) is 0 Å². The van der Waals surface area contributed by atoms with Crippen LogP contribution in [0.4, 0.5) is 4.79 Å². The second-order valence-electron chi connectivity index (χ2n) is 7.37. The van der Waals surface area contributed by atoms with Gasteiger partial charge < -0.3 is 14.6 Å². The number of hydrogen-bond acceptors (Lipinski definition) is 5. The van der Waals surface area contributed by atoms with Gasteiger partial charge in [0.1, 0.15) is 17.4 Å². The fraction of sp³-hybridized carbons (Fsp3) is 0.556. The number of nitrogens with zero attached hydrogens (tertiary/aromatic N) is 1. The molecule has 0 saturated carbocycles. The fourth-order valence-corrected chi connectivity index (χ4v) is 2.54. The fourth-order valence-electron chi connectivity index (χ4n) is 2.54. The number of rotatable bonds is 2. The number of aliphatic hydroxyl groups excluding tert-OH is 1. The van der Waals surface area contributed by atoms with Gasteiger partial charge in [-0.15, -0.1) is 0 Å². The molecule has 0 radical (unpaired) electrons. The van der Waals surface area contributed by atoms with Crippen molar-refractivity contribution in [2.75, 3.05) is 6.54 Å². The van der Waals surface area contributed by atoms with Crippen molar-refractivity contribution in [2.45, 2.75) is 58.2 Å². The van der Waals surface area contributed by atoms with Gasteiger partial charge in [0.05, 0.1) is 6.54 Å². The highest BCUT2D eigenvalue weighted by Gasteiger charge is 2.47. The third kappa shape index (κ3) is 4.13. The highest BCUT2D eigenvalue weighted by Crippen LogP contribution is 2.31. The SMILES string of the molecule is CC(C)(C)OC(=O)N1CC(=O)[C@@H]([C@@H](O)c2ccccc2)OC1(C)C. The summed E-state index contributed by atoms with van der Waals surface area (Å²) in [5.74, 6) is -0.364. The second kappa shape index (κ2) is 6.53. The van der Waals surface area contributed by atoms with Crippen LogP contribution in [0.3, 0.4) is 0 Å². The number of ether oxygens (including phenoxy) is 2. The first kappa shape index (κ1) is 18.4. The van der Waals surface area contributed by atoms with E-state index >= 15 is 0 Å². The van der Waals surface area contributed by atoms with Crippen LogP contribution in [0.15, 0.2) is 30.3 Å². The van der Waals surface area contributed by atoms with E-state index in [1.807, 2.05) is 6.07 Å².